The van der Waals surface area contributed by atoms with Gasteiger partial charge in [-0.3, -0.25) is 9.69 Å². The predicted molar refractivity (Wildman–Crippen MR) is 125 cm³/mol. The van der Waals surface area contributed by atoms with Crippen LogP contribution < -0.4 is 14.8 Å². The number of hydrogen-bond acceptors (Lipinski definition) is 6. The van der Waals surface area contributed by atoms with Gasteiger partial charge < -0.3 is 24.4 Å². The standard InChI is InChI=1S/C25H35N3O5/c1-25(2,3)33-24(30)26-18-14-19-17-13-22(32-5)21(31-4)12-16(17)9-11-27(19)15-20(18)28-10-7-6-8-23(28)29/h6,8,12-13,18-20H,7,9-11,14-15H2,1-5H3,(H,26,30). The number of rotatable bonds is 4. The summed E-state index contributed by atoms with van der Waals surface area (Å²) in [6.45, 7) is 7.79. The van der Waals surface area contributed by atoms with Crippen molar-refractivity contribution in [3.63, 3.8) is 0 Å². The van der Waals surface area contributed by atoms with Crippen LogP contribution in [0.2, 0.25) is 0 Å². The zero-order valence-corrected chi connectivity index (χ0v) is 20.2. The molecule has 0 radical (unpaired) electrons. The van der Waals surface area contributed by atoms with Crippen molar-refractivity contribution >= 4 is 12.0 Å². The number of alkyl carbamates (subject to hydrolysis) is 1. The van der Waals surface area contributed by atoms with Crippen LogP contribution in [-0.2, 0) is 16.0 Å². The van der Waals surface area contributed by atoms with Gasteiger partial charge in [-0.15, -0.1) is 0 Å². The summed E-state index contributed by atoms with van der Waals surface area (Å²) in [5.74, 6) is 1.44. The van der Waals surface area contributed by atoms with Crippen LogP contribution in [-0.4, -0.2) is 73.3 Å². The summed E-state index contributed by atoms with van der Waals surface area (Å²) in [4.78, 5) is 29.8. The number of amides is 2. The Morgan fingerprint density at radius 1 is 1.12 bits per heavy atom. The van der Waals surface area contributed by atoms with Gasteiger partial charge in [0.05, 0.1) is 26.3 Å². The maximum atomic E-state index is 12.7. The van der Waals surface area contributed by atoms with E-state index in [1.807, 2.05) is 31.7 Å². The average Bonchev–Trinajstić information content (AvgIpc) is 2.76. The molecule has 0 aliphatic carbocycles. The van der Waals surface area contributed by atoms with Crippen LogP contribution in [0.4, 0.5) is 4.79 Å². The van der Waals surface area contributed by atoms with Crippen molar-refractivity contribution in [1.29, 1.82) is 0 Å². The topological polar surface area (TPSA) is 80.3 Å². The van der Waals surface area contributed by atoms with E-state index in [9.17, 15) is 9.59 Å². The number of piperidine rings is 1. The van der Waals surface area contributed by atoms with Crippen molar-refractivity contribution in [2.24, 2.45) is 0 Å². The third-order valence-electron chi connectivity index (χ3n) is 6.66. The number of nitrogens with one attached hydrogen (secondary N) is 1. The minimum absolute atomic E-state index is 0.00417. The van der Waals surface area contributed by atoms with E-state index in [2.05, 4.69) is 22.3 Å². The number of benzene rings is 1. The fraction of sp³-hybridized carbons (Fsp3) is 0.600. The molecule has 1 aromatic rings. The second kappa shape index (κ2) is 9.25. The van der Waals surface area contributed by atoms with Crippen LogP contribution in [0.25, 0.3) is 0 Å². The van der Waals surface area contributed by atoms with Gasteiger partial charge in [-0.1, -0.05) is 6.08 Å². The number of carbonyl (C=O) groups excluding carboxylic acids is 2. The molecule has 0 spiro atoms. The maximum absolute atomic E-state index is 12.7. The van der Waals surface area contributed by atoms with Crippen LogP contribution in [0, 0.1) is 0 Å². The molecule has 0 bridgehead atoms. The summed E-state index contributed by atoms with van der Waals surface area (Å²) in [7, 11) is 3.29. The summed E-state index contributed by atoms with van der Waals surface area (Å²) in [6, 6.07) is 3.89. The number of nitrogens with zero attached hydrogens (tertiary/aromatic N) is 2. The largest absolute Gasteiger partial charge is 0.493 e. The molecule has 2 amide bonds. The first-order valence-corrected chi connectivity index (χ1v) is 11.7. The van der Waals surface area contributed by atoms with E-state index in [0.29, 0.717) is 25.3 Å². The van der Waals surface area contributed by atoms with E-state index in [-0.39, 0.29) is 24.0 Å². The smallest absolute Gasteiger partial charge is 0.407 e. The summed E-state index contributed by atoms with van der Waals surface area (Å²) < 4.78 is 16.6. The normalized spacial score (nSPS) is 25.2. The van der Waals surface area contributed by atoms with E-state index in [0.717, 1.165) is 25.1 Å². The molecule has 1 fully saturated rings. The summed E-state index contributed by atoms with van der Waals surface area (Å²) in [5, 5.41) is 3.10. The number of carbonyl (C=O) groups is 2. The number of fused-ring (bicyclic) bond motifs is 3. The SMILES string of the molecule is COc1cc2c(cc1OC)C1CC(NC(=O)OC(C)(C)C)C(N3CCC=CC3=O)CN1CC2. The average molecular weight is 458 g/mol. The zero-order chi connectivity index (χ0) is 23.8. The fourth-order valence-corrected chi connectivity index (χ4v) is 5.20. The molecule has 1 saturated heterocycles. The van der Waals surface area contributed by atoms with E-state index < -0.39 is 11.7 Å². The molecule has 0 saturated carbocycles. The predicted octanol–water partition coefficient (Wildman–Crippen LogP) is 3.06. The Labute approximate surface area is 195 Å². The molecule has 3 aliphatic heterocycles. The lowest BCUT2D eigenvalue weighted by Crippen LogP contribution is -2.63. The molecule has 3 unspecified atom stereocenters. The van der Waals surface area contributed by atoms with E-state index in [4.69, 9.17) is 14.2 Å². The second-order valence-corrected chi connectivity index (χ2v) is 9.95. The molecular formula is C25H35N3O5. The van der Waals surface area contributed by atoms with Crippen molar-refractivity contribution in [3.8, 4) is 11.5 Å². The molecule has 33 heavy (non-hydrogen) atoms. The first-order valence-electron chi connectivity index (χ1n) is 11.7. The Morgan fingerprint density at radius 2 is 1.85 bits per heavy atom. The van der Waals surface area contributed by atoms with E-state index in [1.54, 1.807) is 20.3 Å². The Hall–Kier alpha value is -2.74. The third kappa shape index (κ3) is 4.95. The highest BCUT2D eigenvalue weighted by Crippen LogP contribution is 2.42. The Balaban J connectivity index is 1.64. The maximum Gasteiger partial charge on any atom is 0.407 e. The first-order chi connectivity index (χ1) is 15.7. The van der Waals surface area contributed by atoms with Gasteiger partial charge in [-0.05, 0) is 69.4 Å². The molecule has 3 atom stereocenters. The quantitative estimate of drug-likeness (QED) is 0.749. The van der Waals surface area contributed by atoms with Crippen molar-refractivity contribution in [1.82, 2.24) is 15.1 Å². The van der Waals surface area contributed by atoms with Crippen molar-refractivity contribution in [3.05, 3.63) is 35.4 Å². The molecule has 3 aliphatic rings. The summed E-state index contributed by atoms with van der Waals surface area (Å²) >= 11 is 0. The van der Waals surface area contributed by atoms with Crippen LogP contribution in [0.3, 0.4) is 0 Å². The number of methoxy groups -OCH3 is 2. The molecule has 180 valence electrons. The lowest BCUT2D eigenvalue weighted by Gasteiger charge is -2.50. The molecule has 3 heterocycles. The van der Waals surface area contributed by atoms with Crippen LogP contribution in [0.15, 0.2) is 24.3 Å². The van der Waals surface area contributed by atoms with Crippen molar-refractivity contribution in [2.45, 2.75) is 63.8 Å². The van der Waals surface area contributed by atoms with Crippen LogP contribution >= 0.6 is 0 Å². The molecule has 1 N–H and O–H groups in total. The van der Waals surface area contributed by atoms with Gasteiger partial charge in [-0.25, -0.2) is 4.79 Å². The van der Waals surface area contributed by atoms with Gasteiger partial charge in [0.2, 0.25) is 5.91 Å². The Morgan fingerprint density at radius 3 is 2.52 bits per heavy atom. The third-order valence-corrected chi connectivity index (χ3v) is 6.66. The Kier molecular flexibility index (Phi) is 6.56. The molecule has 8 heteroatoms. The Bertz CT molecular complexity index is 939. The fourth-order valence-electron chi connectivity index (χ4n) is 5.20. The van der Waals surface area contributed by atoms with E-state index >= 15 is 0 Å². The van der Waals surface area contributed by atoms with Gasteiger partial charge in [0, 0.05) is 25.7 Å². The second-order valence-electron chi connectivity index (χ2n) is 9.95. The highest BCUT2D eigenvalue weighted by molar-refractivity contribution is 5.88. The van der Waals surface area contributed by atoms with Crippen molar-refractivity contribution in [2.75, 3.05) is 33.9 Å². The molecule has 0 aromatic heterocycles. The van der Waals surface area contributed by atoms with Crippen LogP contribution in [0.5, 0.6) is 11.5 Å². The molecule has 4 rings (SSSR count). The summed E-state index contributed by atoms with van der Waals surface area (Å²) in [5.41, 5.74) is 1.84. The minimum Gasteiger partial charge on any atom is -0.493 e. The van der Waals surface area contributed by atoms with Crippen LogP contribution in [0.1, 0.15) is 50.8 Å². The van der Waals surface area contributed by atoms with Gasteiger partial charge in [0.15, 0.2) is 11.5 Å². The monoisotopic (exact) mass is 457 g/mol. The molecule has 8 nitrogen and oxygen atoms in total. The first kappa shape index (κ1) is 23.4. The molecule has 1 aromatic carbocycles. The van der Waals surface area contributed by atoms with Gasteiger partial charge in [0.25, 0.3) is 0 Å². The summed E-state index contributed by atoms with van der Waals surface area (Å²) in [6.07, 6.45) is 5.51. The zero-order valence-electron chi connectivity index (χ0n) is 20.2. The van der Waals surface area contributed by atoms with Gasteiger partial charge in [0.1, 0.15) is 5.60 Å². The highest BCUT2D eigenvalue weighted by atomic mass is 16.6. The minimum atomic E-state index is -0.592. The number of hydrogen-bond donors (Lipinski definition) is 1. The molecular weight excluding hydrogens is 422 g/mol. The van der Waals surface area contributed by atoms with Gasteiger partial charge in [-0.2, -0.15) is 0 Å². The van der Waals surface area contributed by atoms with Crippen molar-refractivity contribution < 1.29 is 23.8 Å². The highest BCUT2D eigenvalue weighted by Gasteiger charge is 2.43. The van der Waals surface area contributed by atoms with E-state index in [1.165, 1.54) is 11.1 Å². The van der Waals surface area contributed by atoms with Gasteiger partial charge >= 0.3 is 6.09 Å². The lowest BCUT2D eigenvalue weighted by molar-refractivity contribution is -0.131. The lowest BCUT2D eigenvalue weighted by atomic mass is 9.82. The number of ether oxygens (including phenoxy) is 3.